The van der Waals surface area contributed by atoms with Gasteiger partial charge in [-0.2, -0.15) is 63.2 Å². The first kappa shape index (κ1) is 53.6. The number of rotatable bonds is 12. The molecule has 2 heterocycles. The minimum absolute atomic E-state index is 0.0488. The van der Waals surface area contributed by atoms with Crippen molar-refractivity contribution in [3.8, 4) is 39.0 Å². The standard InChI is InChI=1S/C23H18F6N2OS.C15H16F3NOS.C8H3F4N/c1-2-3-4-19-20(13-32-17-10-7-15(12-30)18(11-17)23(27,28)29)33-21(31-19)14-5-8-16(9-6-14)22(24,25)26;1-2-3-4-12-13(9-20)21-14(19-12)10-5-7-11(8-6-10)15(16,17)18;9-6-2-1-5(4-13)7(3-6)8(10,11)12/h5-11H,2-4,13H2,1H3;5-8,20H,2-4,9H2,1H3;1-3H. The molecule has 0 fully saturated rings. The van der Waals surface area contributed by atoms with Gasteiger partial charge in [-0.1, -0.05) is 51.0 Å². The van der Waals surface area contributed by atoms with E-state index in [4.69, 9.17) is 15.3 Å². The summed E-state index contributed by atoms with van der Waals surface area (Å²) in [5.74, 6) is -1.06. The molecule has 0 aliphatic carbocycles. The van der Waals surface area contributed by atoms with Gasteiger partial charge in [0, 0.05) is 11.1 Å². The normalized spacial score (nSPS) is 11.7. The van der Waals surface area contributed by atoms with Gasteiger partial charge in [0.05, 0.1) is 73.3 Å². The highest BCUT2D eigenvalue weighted by Gasteiger charge is 2.35. The maximum absolute atomic E-state index is 13.2. The summed E-state index contributed by atoms with van der Waals surface area (Å²) in [6.45, 7) is 3.92. The third kappa shape index (κ3) is 15.2. The number of hydrogen-bond acceptors (Lipinski definition) is 8. The Bertz CT molecular complexity index is 2640. The molecule has 0 bridgehead atoms. The summed E-state index contributed by atoms with van der Waals surface area (Å²) in [4.78, 5) is 10.5. The van der Waals surface area contributed by atoms with Crippen LogP contribution in [0, 0.1) is 28.5 Å². The third-order valence-corrected chi connectivity index (χ3v) is 11.6. The predicted molar refractivity (Wildman–Crippen MR) is 225 cm³/mol. The third-order valence-electron chi connectivity index (χ3n) is 9.35. The van der Waals surface area contributed by atoms with Crippen molar-refractivity contribution in [2.24, 2.45) is 0 Å². The molecule has 6 aromatic rings. The summed E-state index contributed by atoms with van der Waals surface area (Å²) in [6, 6.07) is 17.5. The lowest BCUT2D eigenvalue weighted by Crippen LogP contribution is -2.08. The SMILES string of the molecule is CCCCc1nc(-c2ccc(C(F)(F)F)cc2)sc1CO.CCCCc1nc(-c2ccc(C(F)(F)F)cc2)sc1COc1ccc(C#N)c(C(F)(F)F)c1.N#Cc1ccc(F)cc1C(F)(F)F. The first-order valence-electron chi connectivity index (χ1n) is 19.9. The monoisotopic (exact) mass is 988 g/mol. The highest BCUT2D eigenvalue weighted by Crippen LogP contribution is 2.38. The van der Waals surface area contributed by atoms with E-state index in [9.17, 15) is 62.2 Å². The molecule has 0 unspecified atom stereocenters. The van der Waals surface area contributed by atoms with Gasteiger partial charge in [0.1, 0.15) is 28.2 Å². The maximum Gasteiger partial charge on any atom is 0.417 e. The largest absolute Gasteiger partial charge is 0.488 e. The van der Waals surface area contributed by atoms with Crippen molar-refractivity contribution < 1.29 is 66.9 Å². The van der Waals surface area contributed by atoms with Gasteiger partial charge in [-0.15, -0.1) is 22.7 Å². The number of nitrogens with zero attached hydrogens (tertiary/aromatic N) is 4. The van der Waals surface area contributed by atoms with Gasteiger partial charge in [0.15, 0.2) is 0 Å². The molecule has 2 aromatic heterocycles. The van der Waals surface area contributed by atoms with E-state index in [0.29, 0.717) is 44.2 Å². The number of nitriles is 2. The van der Waals surface area contributed by atoms with Crippen LogP contribution in [0.3, 0.4) is 0 Å². The van der Waals surface area contributed by atoms with E-state index in [1.54, 1.807) is 0 Å². The Hall–Kier alpha value is -6.03. The van der Waals surface area contributed by atoms with Crippen molar-refractivity contribution in [3.05, 3.63) is 145 Å². The number of benzene rings is 4. The van der Waals surface area contributed by atoms with Gasteiger partial charge in [-0.05, 0) is 86.3 Å². The molecule has 356 valence electrons. The lowest BCUT2D eigenvalue weighted by atomic mass is 10.1. The Morgan fingerprint density at radius 2 is 0.985 bits per heavy atom. The fourth-order valence-electron chi connectivity index (χ4n) is 5.88. The molecule has 0 amide bonds. The number of ether oxygens (including phenoxy) is 1. The number of aliphatic hydroxyl groups excluding tert-OH is 1. The van der Waals surface area contributed by atoms with Crippen molar-refractivity contribution in [2.45, 2.75) is 90.3 Å². The fourth-order valence-corrected chi connectivity index (χ4v) is 7.87. The van der Waals surface area contributed by atoms with Crippen LogP contribution in [-0.2, 0) is 50.8 Å². The van der Waals surface area contributed by atoms with Crippen molar-refractivity contribution in [1.82, 2.24) is 9.97 Å². The minimum atomic E-state index is -4.70. The quantitative estimate of drug-likeness (QED) is 0.123. The van der Waals surface area contributed by atoms with E-state index in [0.717, 1.165) is 91.2 Å². The Balaban J connectivity index is 0.000000245. The number of alkyl halides is 12. The molecule has 0 spiro atoms. The number of hydrogen-bond donors (Lipinski definition) is 1. The van der Waals surface area contributed by atoms with Gasteiger partial charge in [0.25, 0.3) is 0 Å². The average molecular weight is 989 g/mol. The molecule has 67 heavy (non-hydrogen) atoms. The molecular formula is C46H37F13N4O2S2. The van der Waals surface area contributed by atoms with Gasteiger partial charge in [0.2, 0.25) is 0 Å². The molecule has 6 nitrogen and oxygen atoms in total. The molecule has 0 saturated carbocycles. The van der Waals surface area contributed by atoms with Crippen molar-refractivity contribution in [3.63, 3.8) is 0 Å². The van der Waals surface area contributed by atoms with Crippen molar-refractivity contribution in [1.29, 1.82) is 10.5 Å². The first-order chi connectivity index (χ1) is 31.4. The predicted octanol–water partition coefficient (Wildman–Crippen LogP) is 15.0. The number of unbranched alkanes of at least 4 members (excludes halogenated alkanes) is 2. The fraction of sp³-hybridized carbons (Fsp3) is 0.304. The molecule has 0 atom stereocenters. The molecule has 0 radical (unpaired) electrons. The number of halogens is 13. The Kier molecular flexibility index (Phi) is 18.5. The van der Waals surface area contributed by atoms with Crippen LogP contribution in [0.1, 0.15) is 94.1 Å². The van der Waals surface area contributed by atoms with Crippen LogP contribution in [0.4, 0.5) is 57.1 Å². The van der Waals surface area contributed by atoms with Gasteiger partial charge in [-0.3, -0.25) is 0 Å². The van der Waals surface area contributed by atoms with E-state index in [-0.39, 0.29) is 19.0 Å². The number of thiazole rings is 2. The van der Waals surface area contributed by atoms with Crippen molar-refractivity contribution >= 4 is 22.7 Å². The van der Waals surface area contributed by atoms with Crippen LogP contribution >= 0.6 is 22.7 Å². The van der Waals surface area contributed by atoms with E-state index in [1.807, 2.05) is 6.92 Å². The topological polar surface area (TPSA) is 103 Å². The minimum Gasteiger partial charge on any atom is -0.488 e. The molecule has 0 saturated heterocycles. The summed E-state index contributed by atoms with van der Waals surface area (Å²) in [5.41, 5.74) is -2.13. The first-order valence-corrected chi connectivity index (χ1v) is 21.5. The van der Waals surface area contributed by atoms with Crippen LogP contribution in [0.2, 0.25) is 0 Å². The van der Waals surface area contributed by atoms with E-state index in [2.05, 4.69) is 16.9 Å². The zero-order valence-corrected chi connectivity index (χ0v) is 36.7. The van der Waals surface area contributed by atoms with E-state index < -0.39 is 63.9 Å². The number of aliphatic hydroxyl groups is 1. The van der Waals surface area contributed by atoms with Gasteiger partial charge < -0.3 is 9.84 Å². The Morgan fingerprint density at radius 1 is 0.567 bits per heavy atom. The highest BCUT2D eigenvalue weighted by molar-refractivity contribution is 7.15. The van der Waals surface area contributed by atoms with Crippen LogP contribution in [0.15, 0.2) is 84.9 Å². The smallest absolute Gasteiger partial charge is 0.417 e. The van der Waals surface area contributed by atoms with Crippen LogP contribution in [0.25, 0.3) is 21.1 Å². The number of aryl methyl sites for hydroxylation is 2. The van der Waals surface area contributed by atoms with Crippen LogP contribution in [0.5, 0.6) is 5.75 Å². The molecule has 1 N–H and O–H groups in total. The lowest BCUT2D eigenvalue weighted by Gasteiger charge is -2.12. The summed E-state index contributed by atoms with van der Waals surface area (Å²) in [6.07, 6.45) is -13.1. The molecule has 21 heteroatoms. The number of aromatic nitrogens is 2. The zero-order chi connectivity index (χ0) is 49.7. The van der Waals surface area contributed by atoms with Crippen molar-refractivity contribution in [2.75, 3.05) is 0 Å². The summed E-state index contributed by atoms with van der Waals surface area (Å²) in [5, 5.41) is 27.7. The average Bonchev–Trinajstić information content (AvgIpc) is 3.90. The van der Waals surface area contributed by atoms with E-state index in [1.165, 1.54) is 65.1 Å². The zero-order valence-electron chi connectivity index (χ0n) is 35.1. The van der Waals surface area contributed by atoms with Gasteiger partial charge >= 0.3 is 24.7 Å². The van der Waals surface area contributed by atoms with Crippen LogP contribution in [-0.4, -0.2) is 15.1 Å². The summed E-state index contributed by atoms with van der Waals surface area (Å²) < 4.78 is 170. The molecule has 4 aromatic carbocycles. The second-order valence-electron chi connectivity index (χ2n) is 14.2. The Morgan fingerprint density at radius 3 is 1.39 bits per heavy atom. The molecule has 0 aliphatic rings. The second-order valence-corrected chi connectivity index (χ2v) is 16.4. The lowest BCUT2D eigenvalue weighted by molar-refractivity contribution is -0.138. The van der Waals surface area contributed by atoms with Crippen LogP contribution < -0.4 is 4.74 Å². The highest BCUT2D eigenvalue weighted by atomic mass is 32.1. The summed E-state index contributed by atoms with van der Waals surface area (Å²) in [7, 11) is 0. The molecule has 6 rings (SSSR count). The molecular weight excluding hydrogens is 952 g/mol. The second kappa shape index (κ2) is 23.1. The maximum atomic E-state index is 13.2. The van der Waals surface area contributed by atoms with E-state index >= 15 is 0 Å². The molecule has 0 aliphatic heterocycles. The Labute approximate surface area is 383 Å². The summed E-state index contributed by atoms with van der Waals surface area (Å²) >= 11 is 2.56. The van der Waals surface area contributed by atoms with Gasteiger partial charge in [-0.25, -0.2) is 14.4 Å².